The number of anilines is 1. The summed E-state index contributed by atoms with van der Waals surface area (Å²) in [5.41, 5.74) is 4.01. The van der Waals surface area contributed by atoms with Crippen LogP contribution in [0, 0.1) is 6.92 Å². The Balaban J connectivity index is 1.24. The van der Waals surface area contributed by atoms with Gasteiger partial charge in [0.05, 0.1) is 6.54 Å². The number of hydrogen-bond acceptors (Lipinski definition) is 6. The van der Waals surface area contributed by atoms with Crippen LogP contribution in [0.1, 0.15) is 18.1 Å². The van der Waals surface area contributed by atoms with Crippen molar-refractivity contribution in [2.24, 2.45) is 0 Å². The maximum atomic E-state index is 12.7. The molecule has 1 aromatic heterocycles. The molecule has 3 aromatic rings. The summed E-state index contributed by atoms with van der Waals surface area (Å²) >= 11 is 0. The van der Waals surface area contributed by atoms with E-state index in [0.29, 0.717) is 38.5 Å². The van der Waals surface area contributed by atoms with Crippen LogP contribution in [0.4, 0.5) is 5.69 Å². The molecule has 2 aromatic carbocycles. The number of tetrazole rings is 1. The highest BCUT2D eigenvalue weighted by Gasteiger charge is 2.23. The zero-order chi connectivity index (χ0) is 23.2. The summed E-state index contributed by atoms with van der Waals surface area (Å²) in [7, 11) is 0. The topological polar surface area (TPSA) is 96.2 Å². The van der Waals surface area contributed by atoms with E-state index >= 15 is 0 Å². The van der Waals surface area contributed by atoms with E-state index in [1.54, 1.807) is 4.90 Å². The second-order valence-corrected chi connectivity index (χ2v) is 8.23. The van der Waals surface area contributed by atoms with Crippen molar-refractivity contribution in [2.45, 2.75) is 26.8 Å². The molecule has 1 N–H and O–H groups in total. The van der Waals surface area contributed by atoms with Crippen LogP contribution in [-0.2, 0) is 22.6 Å². The van der Waals surface area contributed by atoms with Crippen LogP contribution in [0.3, 0.4) is 0 Å². The third kappa shape index (κ3) is 5.81. The van der Waals surface area contributed by atoms with E-state index in [0.717, 1.165) is 28.8 Å². The lowest BCUT2D eigenvalue weighted by Gasteiger charge is -2.34. The summed E-state index contributed by atoms with van der Waals surface area (Å²) in [5.74, 6) is 0.415. The minimum atomic E-state index is -0.0520. The Hall–Kier alpha value is -3.59. The van der Waals surface area contributed by atoms with Gasteiger partial charge in [-0.25, -0.2) is 0 Å². The fraction of sp³-hybridized carbons (Fsp3) is 0.375. The molecule has 172 valence electrons. The zero-order valence-corrected chi connectivity index (χ0v) is 19.1. The van der Waals surface area contributed by atoms with Crippen molar-refractivity contribution in [3.05, 3.63) is 59.7 Å². The molecular weight excluding hydrogens is 418 g/mol. The highest BCUT2D eigenvalue weighted by Crippen LogP contribution is 2.16. The van der Waals surface area contributed by atoms with E-state index in [1.807, 2.05) is 55.5 Å². The zero-order valence-electron chi connectivity index (χ0n) is 19.1. The van der Waals surface area contributed by atoms with E-state index < -0.39 is 0 Å². The lowest BCUT2D eigenvalue weighted by atomic mass is 10.1. The Bertz CT molecular complexity index is 1100. The molecule has 0 unspecified atom stereocenters. The molecule has 0 saturated carbocycles. The van der Waals surface area contributed by atoms with Crippen LogP contribution in [0.2, 0.25) is 0 Å². The molecule has 1 aliphatic rings. The fourth-order valence-corrected chi connectivity index (χ4v) is 3.85. The molecule has 1 aliphatic heterocycles. The highest BCUT2D eigenvalue weighted by molar-refractivity contribution is 5.93. The summed E-state index contributed by atoms with van der Waals surface area (Å²) in [5, 5.41) is 15.4. The first-order valence-electron chi connectivity index (χ1n) is 11.2. The van der Waals surface area contributed by atoms with Crippen molar-refractivity contribution in [1.82, 2.24) is 30.0 Å². The summed E-state index contributed by atoms with van der Waals surface area (Å²) < 4.78 is 0. The molecule has 0 radical (unpaired) electrons. The fourth-order valence-electron chi connectivity index (χ4n) is 3.85. The number of amides is 2. The van der Waals surface area contributed by atoms with Crippen LogP contribution < -0.4 is 5.32 Å². The first kappa shape index (κ1) is 22.6. The predicted molar refractivity (Wildman–Crippen MR) is 125 cm³/mol. The smallest absolute Gasteiger partial charge is 0.246 e. The van der Waals surface area contributed by atoms with Crippen LogP contribution in [0.25, 0.3) is 11.4 Å². The van der Waals surface area contributed by atoms with Gasteiger partial charge in [0.15, 0.2) is 0 Å². The summed E-state index contributed by atoms with van der Waals surface area (Å²) in [6.45, 7) is 6.87. The molecule has 0 bridgehead atoms. The number of piperazine rings is 1. The first-order valence-corrected chi connectivity index (χ1v) is 11.2. The predicted octanol–water partition coefficient (Wildman–Crippen LogP) is 1.99. The monoisotopic (exact) mass is 447 g/mol. The van der Waals surface area contributed by atoms with E-state index in [-0.39, 0.29) is 18.4 Å². The molecule has 0 atom stereocenters. The lowest BCUT2D eigenvalue weighted by Crippen LogP contribution is -2.51. The van der Waals surface area contributed by atoms with Gasteiger partial charge < -0.3 is 10.2 Å². The van der Waals surface area contributed by atoms with Gasteiger partial charge in [-0.3, -0.25) is 14.5 Å². The Morgan fingerprint density at radius 2 is 1.70 bits per heavy atom. The van der Waals surface area contributed by atoms with Gasteiger partial charge in [-0.1, -0.05) is 55.0 Å². The second-order valence-electron chi connectivity index (χ2n) is 8.23. The number of carbonyl (C=O) groups is 2. The largest absolute Gasteiger partial charge is 0.338 e. The SMILES string of the molecule is CCc1ccccc1NC(=O)CN1CCN(C(=O)Cn2nnc(-c3ccc(C)cc3)n2)CC1. The van der Waals surface area contributed by atoms with Crippen molar-refractivity contribution >= 4 is 17.5 Å². The van der Waals surface area contributed by atoms with Crippen molar-refractivity contribution < 1.29 is 9.59 Å². The quantitative estimate of drug-likeness (QED) is 0.595. The Morgan fingerprint density at radius 1 is 0.970 bits per heavy atom. The number of aryl methyl sites for hydroxylation is 2. The third-order valence-electron chi connectivity index (χ3n) is 5.80. The normalized spacial score (nSPS) is 14.3. The molecule has 4 rings (SSSR count). The molecule has 1 saturated heterocycles. The van der Waals surface area contributed by atoms with E-state index in [1.165, 1.54) is 4.80 Å². The van der Waals surface area contributed by atoms with Crippen LogP contribution >= 0.6 is 0 Å². The Labute approximate surface area is 193 Å². The van der Waals surface area contributed by atoms with Gasteiger partial charge in [0, 0.05) is 37.4 Å². The summed E-state index contributed by atoms with van der Waals surface area (Å²) in [4.78, 5) is 30.4. The molecular formula is C24H29N7O2. The maximum absolute atomic E-state index is 12.7. The molecule has 0 spiro atoms. The van der Waals surface area contributed by atoms with Crippen molar-refractivity contribution in [2.75, 3.05) is 38.0 Å². The number of aromatic nitrogens is 4. The number of carbonyl (C=O) groups excluding carboxylic acids is 2. The van der Waals surface area contributed by atoms with Gasteiger partial charge in [-0.15, -0.1) is 10.2 Å². The van der Waals surface area contributed by atoms with Gasteiger partial charge in [0.1, 0.15) is 6.54 Å². The van der Waals surface area contributed by atoms with Crippen molar-refractivity contribution in [3.8, 4) is 11.4 Å². The number of benzene rings is 2. The van der Waals surface area contributed by atoms with Crippen molar-refractivity contribution in [3.63, 3.8) is 0 Å². The Kier molecular flexibility index (Phi) is 7.09. The molecule has 33 heavy (non-hydrogen) atoms. The molecule has 1 fully saturated rings. The second kappa shape index (κ2) is 10.4. The van der Waals surface area contributed by atoms with E-state index in [9.17, 15) is 9.59 Å². The lowest BCUT2D eigenvalue weighted by molar-refractivity contribution is -0.134. The van der Waals surface area contributed by atoms with Crippen LogP contribution in [-0.4, -0.2) is 74.5 Å². The van der Waals surface area contributed by atoms with Crippen LogP contribution in [0.5, 0.6) is 0 Å². The van der Waals surface area contributed by atoms with E-state index in [2.05, 4.69) is 32.6 Å². The minimum absolute atomic E-state index is 0.0360. The molecule has 2 heterocycles. The van der Waals surface area contributed by atoms with Gasteiger partial charge >= 0.3 is 0 Å². The standard InChI is InChI=1S/C24H29N7O2/c1-3-19-6-4-5-7-21(19)25-22(32)16-29-12-14-30(15-13-29)23(33)17-31-27-24(26-28-31)20-10-8-18(2)9-11-20/h4-11H,3,12-17H2,1-2H3,(H,25,32). The average molecular weight is 448 g/mol. The first-order chi connectivity index (χ1) is 16.0. The van der Waals surface area contributed by atoms with Gasteiger partial charge in [0.25, 0.3) is 0 Å². The number of hydrogen-bond donors (Lipinski definition) is 1. The van der Waals surface area contributed by atoms with E-state index in [4.69, 9.17) is 0 Å². The molecule has 9 heteroatoms. The summed E-state index contributed by atoms with van der Waals surface area (Å²) in [6.07, 6.45) is 0.865. The van der Waals surface area contributed by atoms with Crippen LogP contribution in [0.15, 0.2) is 48.5 Å². The molecule has 0 aliphatic carbocycles. The molecule has 2 amide bonds. The summed E-state index contributed by atoms with van der Waals surface area (Å²) in [6, 6.07) is 15.7. The van der Waals surface area contributed by atoms with Gasteiger partial charge in [-0.05, 0) is 30.2 Å². The molecule has 9 nitrogen and oxygen atoms in total. The van der Waals surface area contributed by atoms with Gasteiger partial charge in [-0.2, -0.15) is 4.80 Å². The maximum Gasteiger partial charge on any atom is 0.246 e. The highest BCUT2D eigenvalue weighted by atomic mass is 16.2. The van der Waals surface area contributed by atoms with Gasteiger partial charge in [0.2, 0.25) is 17.6 Å². The average Bonchev–Trinajstić information content (AvgIpc) is 3.28. The van der Waals surface area contributed by atoms with Crippen molar-refractivity contribution in [1.29, 1.82) is 0 Å². The minimum Gasteiger partial charge on any atom is -0.338 e. The number of nitrogens with zero attached hydrogens (tertiary/aromatic N) is 6. The number of para-hydroxylation sites is 1. The third-order valence-corrected chi connectivity index (χ3v) is 5.80. The number of nitrogens with one attached hydrogen (secondary N) is 1. The number of rotatable bonds is 7. The Morgan fingerprint density at radius 3 is 2.42 bits per heavy atom.